The molecule has 4 heteroatoms. The molecular weight excluding hydrogens is 350 g/mol. The van der Waals surface area contributed by atoms with Crippen LogP contribution in [0.1, 0.15) is 74.5 Å². The number of nitrogens with one attached hydrogen (secondary N) is 1. The highest BCUT2D eigenvalue weighted by atomic mass is 16.5. The van der Waals surface area contributed by atoms with Crippen molar-refractivity contribution in [1.82, 2.24) is 5.32 Å². The van der Waals surface area contributed by atoms with Crippen LogP contribution in [0.4, 0.5) is 0 Å². The van der Waals surface area contributed by atoms with Crippen LogP contribution in [0.15, 0.2) is 36.4 Å². The molecule has 0 saturated heterocycles. The van der Waals surface area contributed by atoms with Crippen LogP contribution in [-0.2, 0) is 17.4 Å². The van der Waals surface area contributed by atoms with Crippen LogP contribution in [0.2, 0.25) is 0 Å². The number of amides is 1. The van der Waals surface area contributed by atoms with Crippen molar-refractivity contribution < 1.29 is 14.6 Å². The quantitative estimate of drug-likeness (QED) is 0.760. The van der Waals surface area contributed by atoms with Gasteiger partial charge in [-0.2, -0.15) is 0 Å². The topological polar surface area (TPSA) is 58.6 Å². The van der Waals surface area contributed by atoms with Gasteiger partial charge in [0.1, 0.15) is 18.1 Å². The van der Waals surface area contributed by atoms with Gasteiger partial charge in [-0.25, -0.2) is 0 Å². The zero-order chi connectivity index (χ0) is 20.5. The van der Waals surface area contributed by atoms with Gasteiger partial charge in [0.15, 0.2) is 0 Å². The van der Waals surface area contributed by atoms with Crippen LogP contribution < -0.4 is 10.1 Å². The predicted molar refractivity (Wildman–Crippen MR) is 112 cm³/mol. The minimum absolute atomic E-state index is 0.0724. The van der Waals surface area contributed by atoms with Crippen LogP contribution in [0.25, 0.3) is 0 Å². The number of fused-ring (bicyclic) bond motifs is 1. The van der Waals surface area contributed by atoms with Crippen molar-refractivity contribution in [2.75, 3.05) is 6.54 Å². The summed E-state index contributed by atoms with van der Waals surface area (Å²) in [5, 5.41) is 12.8. The van der Waals surface area contributed by atoms with Gasteiger partial charge in [0.2, 0.25) is 0 Å². The third-order valence-electron chi connectivity index (χ3n) is 5.87. The SMILES string of the molecule is CCNC(=O)c1ccc(OCc2ccc3c(c2)C(C)(C)CCC3(C)C)cc1O. The Morgan fingerprint density at radius 1 is 1.04 bits per heavy atom. The van der Waals surface area contributed by atoms with Gasteiger partial charge in [0.05, 0.1) is 5.56 Å². The Morgan fingerprint density at radius 2 is 1.71 bits per heavy atom. The van der Waals surface area contributed by atoms with Gasteiger partial charge in [0, 0.05) is 12.6 Å². The minimum Gasteiger partial charge on any atom is -0.507 e. The van der Waals surface area contributed by atoms with Gasteiger partial charge in [-0.3, -0.25) is 4.79 Å². The molecule has 0 aliphatic heterocycles. The molecule has 0 atom stereocenters. The number of phenols is 1. The highest BCUT2D eigenvalue weighted by molar-refractivity contribution is 5.96. The van der Waals surface area contributed by atoms with Crippen LogP contribution in [0.5, 0.6) is 11.5 Å². The number of hydrogen-bond acceptors (Lipinski definition) is 3. The molecule has 0 unspecified atom stereocenters. The van der Waals surface area contributed by atoms with Crippen molar-refractivity contribution in [3.8, 4) is 11.5 Å². The third-order valence-corrected chi connectivity index (χ3v) is 5.87. The molecular formula is C24H31NO3. The first-order valence-electron chi connectivity index (χ1n) is 10.0. The summed E-state index contributed by atoms with van der Waals surface area (Å²) >= 11 is 0. The molecule has 0 aromatic heterocycles. The Hall–Kier alpha value is -2.49. The predicted octanol–water partition coefficient (Wildman–Crippen LogP) is 5.07. The zero-order valence-electron chi connectivity index (χ0n) is 17.6. The maximum atomic E-state index is 11.9. The van der Waals surface area contributed by atoms with Gasteiger partial charge in [0.25, 0.3) is 5.91 Å². The summed E-state index contributed by atoms with van der Waals surface area (Å²) in [6.45, 7) is 12.0. The van der Waals surface area contributed by atoms with E-state index >= 15 is 0 Å². The molecule has 2 aromatic carbocycles. The van der Waals surface area contributed by atoms with E-state index in [1.165, 1.54) is 30.0 Å². The molecule has 0 heterocycles. The fourth-order valence-electron chi connectivity index (χ4n) is 3.94. The molecule has 1 aliphatic rings. The smallest absolute Gasteiger partial charge is 0.255 e. The van der Waals surface area contributed by atoms with Crippen molar-refractivity contribution in [2.45, 2.75) is 64.9 Å². The summed E-state index contributed by atoms with van der Waals surface area (Å²) in [5.74, 6) is 0.186. The lowest BCUT2D eigenvalue weighted by molar-refractivity contribution is 0.0953. The first kappa shape index (κ1) is 20.2. The molecule has 2 N–H and O–H groups in total. The van der Waals surface area contributed by atoms with Crippen LogP contribution in [0.3, 0.4) is 0 Å². The third kappa shape index (κ3) is 4.01. The van der Waals surface area contributed by atoms with Crippen molar-refractivity contribution in [3.63, 3.8) is 0 Å². The summed E-state index contributed by atoms with van der Waals surface area (Å²) in [4.78, 5) is 11.9. The molecule has 28 heavy (non-hydrogen) atoms. The monoisotopic (exact) mass is 381 g/mol. The number of benzene rings is 2. The summed E-state index contributed by atoms with van der Waals surface area (Å²) < 4.78 is 5.89. The molecule has 0 saturated carbocycles. The lowest BCUT2D eigenvalue weighted by atomic mass is 9.63. The molecule has 1 aliphatic carbocycles. The number of carbonyl (C=O) groups is 1. The van der Waals surface area contributed by atoms with Gasteiger partial charge in [-0.05, 0) is 59.4 Å². The van der Waals surface area contributed by atoms with E-state index in [4.69, 9.17) is 4.74 Å². The fraction of sp³-hybridized carbons (Fsp3) is 0.458. The second-order valence-electron chi connectivity index (χ2n) is 8.97. The Labute approximate surface area is 167 Å². The van der Waals surface area contributed by atoms with E-state index in [-0.39, 0.29) is 28.1 Å². The van der Waals surface area contributed by atoms with Crippen molar-refractivity contribution >= 4 is 5.91 Å². The van der Waals surface area contributed by atoms with E-state index in [1.807, 2.05) is 6.92 Å². The van der Waals surface area contributed by atoms with Crippen molar-refractivity contribution in [1.29, 1.82) is 0 Å². The van der Waals surface area contributed by atoms with Crippen LogP contribution >= 0.6 is 0 Å². The largest absolute Gasteiger partial charge is 0.507 e. The summed E-state index contributed by atoms with van der Waals surface area (Å²) in [6, 6.07) is 11.4. The second-order valence-corrected chi connectivity index (χ2v) is 8.97. The Kier molecular flexibility index (Phi) is 5.42. The Morgan fingerprint density at radius 3 is 2.36 bits per heavy atom. The molecule has 150 valence electrons. The van der Waals surface area contributed by atoms with Gasteiger partial charge in [-0.15, -0.1) is 0 Å². The van der Waals surface area contributed by atoms with E-state index in [0.29, 0.717) is 18.9 Å². The van der Waals surface area contributed by atoms with E-state index in [1.54, 1.807) is 12.1 Å². The van der Waals surface area contributed by atoms with Crippen molar-refractivity contribution in [3.05, 3.63) is 58.7 Å². The molecule has 1 amide bonds. The molecule has 0 bridgehead atoms. The standard InChI is InChI=1S/C24H31NO3/c1-6-25-22(27)18-9-8-17(14-21(18)26)28-15-16-7-10-19-20(13-16)24(4,5)12-11-23(19,2)3/h7-10,13-14,26H,6,11-12,15H2,1-5H3,(H,25,27). The van der Waals surface area contributed by atoms with Crippen LogP contribution in [-0.4, -0.2) is 17.6 Å². The van der Waals surface area contributed by atoms with Gasteiger partial charge < -0.3 is 15.2 Å². The highest BCUT2D eigenvalue weighted by Crippen LogP contribution is 2.45. The summed E-state index contributed by atoms with van der Waals surface area (Å²) in [7, 11) is 0. The maximum absolute atomic E-state index is 11.9. The lowest BCUT2D eigenvalue weighted by Crippen LogP contribution is -2.33. The Balaban J connectivity index is 1.77. The van der Waals surface area contributed by atoms with Gasteiger partial charge >= 0.3 is 0 Å². The first-order valence-corrected chi connectivity index (χ1v) is 10.0. The lowest BCUT2D eigenvalue weighted by Gasteiger charge is -2.42. The summed E-state index contributed by atoms with van der Waals surface area (Å²) in [5.41, 5.74) is 4.55. The first-order chi connectivity index (χ1) is 13.1. The molecule has 2 aromatic rings. The maximum Gasteiger partial charge on any atom is 0.255 e. The molecule has 0 radical (unpaired) electrons. The van der Waals surface area contributed by atoms with Crippen LogP contribution in [0, 0.1) is 0 Å². The average molecular weight is 382 g/mol. The summed E-state index contributed by atoms with van der Waals surface area (Å²) in [6.07, 6.45) is 2.37. The van der Waals surface area contributed by atoms with E-state index in [0.717, 1.165) is 5.56 Å². The normalized spacial score (nSPS) is 16.9. The zero-order valence-corrected chi connectivity index (χ0v) is 17.6. The second kappa shape index (κ2) is 7.50. The fourth-order valence-corrected chi connectivity index (χ4v) is 3.94. The highest BCUT2D eigenvalue weighted by Gasteiger charge is 2.36. The van der Waals surface area contributed by atoms with Crippen molar-refractivity contribution in [2.24, 2.45) is 0 Å². The molecule has 4 nitrogen and oxygen atoms in total. The molecule has 0 fully saturated rings. The number of rotatable bonds is 5. The van der Waals surface area contributed by atoms with E-state index < -0.39 is 0 Å². The molecule has 3 rings (SSSR count). The van der Waals surface area contributed by atoms with E-state index in [2.05, 4.69) is 51.2 Å². The minimum atomic E-state index is -0.286. The number of aromatic hydroxyl groups is 1. The number of phenolic OH excluding ortho intramolecular Hbond substituents is 1. The number of ether oxygens (including phenoxy) is 1. The average Bonchev–Trinajstić information content (AvgIpc) is 2.64. The van der Waals surface area contributed by atoms with E-state index in [9.17, 15) is 9.90 Å². The Bertz CT molecular complexity index is 883. The number of carbonyl (C=O) groups excluding carboxylic acids is 1. The van der Waals surface area contributed by atoms with Gasteiger partial charge in [-0.1, -0.05) is 45.9 Å². The molecule has 0 spiro atoms. The number of hydrogen-bond donors (Lipinski definition) is 2.